The zero-order valence-corrected chi connectivity index (χ0v) is 25.1. The number of rotatable bonds is 9. The van der Waals surface area contributed by atoms with Crippen LogP contribution in [0.3, 0.4) is 0 Å². The highest BCUT2D eigenvalue weighted by Gasteiger charge is 2.67. The van der Waals surface area contributed by atoms with Crippen molar-refractivity contribution in [2.24, 2.45) is 11.6 Å². The van der Waals surface area contributed by atoms with Crippen molar-refractivity contribution in [1.82, 2.24) is 15.2 Å². The Morgan fingerprint density at radius 1 is 1.21 bits per heavy atom. The Bertz CT molecular complexity index is 1110. The predicted molar refractivity (Wildman–Crippen MR) is 148 cm³/mol. The maximum atomic E-state index is 14.7. The highest BCUT2D eigenvalue weighted by molar-refractivity contribution is 6.74. The molecule has 2 unspecified atom stereocenters. The van der Waals surface area contributed by atoms with Gasteiger partial charge in [0.25, 0.3) is 17.7 Å². The van der Waals surface area contributed by atoms with Gasteiger partial charge in [-0.3, -0.25) is 19.8 Å². The molecule has 216 valence electrons. The summed E-state index contributed by atoms with van der Waals surface area (Å²) in [6, 6.07) is 8.76. The summed E-state index contributed by atoms with van der Waals surface area (Å²) in [5.41, 5.74) is 5.42. The lowest BCUT2D eigenvalue weighted by molar-refractivity contribution is -0.188. The van der Waals surface area contributed by atoms with Crippen molar-refractivity contribution in [2.45, 2.75) is 95.3 Å². The summed E-state index contributed by atoms with van der Waals surface area (Å²) < 4.78 is 12.5. The monoisotopic (exact) mass is 561 g/mol. The standard InChI is InChI=1S/C27H43N5O6Si/c1-18-26(22(34)31(18)17-21(33)30-29)14-11-15-32(26)23(35)27(37-24(28)36,16-20-12-9-8-10-13-20)19(2)38-39(6,7)25(3,4)5/h8-10,12-13,18-19H,11,14-17,29H2,1-7H3,(H2,28,36)(H,30,33)/t18?,19-,26?,27+/m1/s1. The van der Waals surface area contributed by atoms with Gasteiger partial charge in [-0.05, 0) is 50.4 Å². The molecule has 3 rings (SSSR count). The van der Waals surface area contributed by atoms with Crippen LogP contribution in [0.4, 0.5) is 4.79 Å². The van der Waals surface area contributed by atoms with Gasteiger partial charge in [0.1, 0.15) is 12.1 Å². The fourth-order valence-corrected chi connectivity index (χ4v) is 6.99. The Morgan fingerprint density at radius 2 is 1.82 bits per heavy atom. The van der Waals surface area contributed by atoms with Crippen molar-refractivity contribution < 1.29 is 28.3 Å². The Labute approximate surface area is 231 Å². The molecule has 12 heteroatoms. The molecule has 0 aliphatic carbocycles. The number of ether oxygens (including phenoxy) is 1. The second-order valence-corrected chi connectivity index (χ2v) is 16.9. The average molecular weight is 562 g/mol. The van der Waals surface area contributed by atoms with Crippen molar-refractivity contribution in [2.75, 3.05) is 13.1 Å². The molecule has 1 aromatic rings. The van der Waals surface area contributed by atoms with E-state index in [9.17, 15) is 19.2 Å². The van der Waals surface area contributed by atoms with Crippen molar-refractivity contribution in [1.29, 1.82) is 0 Å². The van der Waals surface area contributed by atoms with E-state index in [1.165, 1.54) is 9.80 Å². The second kappa shape index (κ2) is 10.9. The third kappa shape index (κ3) is 5.41. The molecular formula is C27H43N5O6Si. The number of nitrogens with zero attached hydrogens (tertiary/aromatic N) is 2. The number of nitrogens with two attached hydrogens (primary N) is 2. The average Bonchev–Trinajstić information content (AvgIpc) is 3.32. The number of carbonyl (C=O) groups excluding carboxylic acids is 4. The van der Waals surface area contributed by atoms with Crippen LogP contribution in [-0.2, 0) is 30.0 Å². The lowest BCUT2D eigenvalue weighted by Gasteiger charge is -2.57. The van der Waals surface area contributed by atoms with Crippen LogP contribution in [0.15, 0.2) is 30.3 Å². The third-order valence-corrected chi connectivity index (χ3v) is 13.4. The molecule has 0 bridgehead atoms. The molecule has 2 aliphatic rings. The largest absolute Gasteiger partial charge is 0.430 e. The lowest BCUT2D eigenvalue weighted by Crippen LogP contribution is -2.80. The van der Waals surface area contributed by atoms with Crippen LogP contribution in [0.2, 0.25) is 18.1 Å². The molecule has 4 amide bonds. The van der Waals surface area contributed by atoms with Crippen LogP contribution < -0.4 is 17.0 Å². The maximum Gasteiger partial charge on any atom is 0.405 e. The van der Waals surface area contributed by atoms with E-state index in [0.717, 1.165) is 5.56 Å². The molecule has 2 aliphatic heterocycles. The quantitative estimate of drug-likeness (QED) is 0.137. The number of β-lactam (4-membered cyclic amide) rings is 1. The van der Waals surface area contributed by atoms with Gasteiger partial charge in [0.15, 0.2) is 8.32 Å². The number of amides is 4. The summed E-state index contributed by atoms with van der Waals surface area (Å²) in [5, 5.41) is -0.188. The van der Waals surface area contributed by atoms with E-state index in [4.69, 9.17) is 20.7 Å². The second-order valence-electron chi connectivity index (χ2n) is 12.2. The molecule has 11 nitrogen and oxygen atoms in total. The summed E-state index contributed by atoms with van der Waals surface area (Å²) in [5.74, 6) is 3.85. The van der Waals surface area contributed by atoms with E-state index < -0.39 is 49.5 Å². The van der Waals surface area contributed by atoms with Gasteiger partial charge in [-0.2, -0.15) is 0 Å². The van der Waals surface area contributed by atoms with Gasteiger partial charge in [-0.1, -0.05) is 51.1 Å². The minimum absolute atomic E-state index is 0.0137. The van der Waals surface area contributed by atoms with E-state index >= 15 is 0 Å². The van der Waals surface area contributed by atoms with Gasteiger partial charge < -0.3 is 24.7 Å². The summed E-state index contributed by atoms with van der Waals surface area (Å²) >= 11 is 0. The highest BCUT2D eigenvalue weighted by atomic mass is 28.4. The molecular weight excluding hydrogens is 518 g/mol. The number of primary amides is 1. The first kappa shape index (κ1) is 30.6. The summed E-state index contributed by atoms with van der Waals surface area (Å²) in [7, 11) is -2.46. The summed E-state index contributed by atoms with van der Waals surface area (Å²) in [6.45, 7) is 14.0. The number of hydrazine groups is 1. The van der Waals surface area contributed by atoms with Crippen LogP contribution in [0.1, 0.15) is 53.0 Å². The molecule has 2 fully saturated rings. The van der Waals surface area contributed by atoms with Gasteiger partial charge in [0.2, 0.25) is 5.60 Å². The minimum Gasteiger partial charge on any atom is -0.430 e. The first-order valence-electron chi connectivity index (χ1n) is 13.4. The van der Waals surface area contributed by atoms with Gasteiger partial charge in [-0.25, -0.2) is 10.6 Å². The first-order chi connectivity index (χ1) is 18.0. The molecule has 0 aromatic heterocycles. The first-order valence-corrected chi connectivity index (χ1v) is 16.3. The Morgan fingerprint density at radius 3 is 2.33 bits per heavy atom. The Balaban J connectivity index is 2.09. The smallest absolute Gasteiger partial charge is 0.405 e. The topological polar surface area (TPSA) is 157 Å². The van der Waals surface area contributed by atoms with Gasteiger partial charge >= 0.3 is 6.09 Å². The number of likely N-dealkylation sites (tertiary alicyclic amines) is 2. The number of benzene rings is 1. The Hall–Kier alpha value is -2.96. The zero-order valence-electron chi connectivity index (χ0n) is 24.1. The van der Waals surface area contributed by atoms with Crippen molar-refractivity contribution in [3.8, 4) is 0 Å². The lowest BCUT2D eigenvalue weighted by atomic mass is 9.76. The number of hydrogen-bond donors (Lipinski definition) is 3. The fourth-order valence-electron chi connectivity index (χ4n) is 5.56. The molecule has 39 heavy (non-hydrogen) atoms. The molecule has 4 atom stereocenters. The van der Waals surface area contributed by atoms with Crippen LogP contribution in [0.5, 0.6) is 0 Å². The molecule has 1 aromatic carbocycles. The van der Waals surface area contributed by atoms with Gasteiger partial charge in [0.05, 0.1) is 12.1 Å². The van der Waals surface area contributed by atoms with E-state index in [1.807, 2.05) is 35.8 Å². The molecule has 2 saturated heterocycles. The molecule has 5 N–H and O–H groups in total. The van der Waals surface area contributed by atoms with Crippen LogP contribution >= 0.6 is 0 Å². The molecule has 2 heterocycles. The SMILES string of the molecule is CC1N(CC(=O)NN)C(=O)C12CCCN2C(=O)[C@@](Cc1ccccc1)(OC(N)=O)[C@@H](C)O[Si](C)(C)C(C)(C)C. The van der Waals surface area contributed by atoms with Gasteiger partial charge in [0, 0.05) is 13.0 Å². The van der Waals surface area contributed by atoms with E-state index in [2.05, 4.69) is 33.9 Å². The van der Waals surface area contributed by atoms with E-state index in [-0.39, 0.29) is 30.5 Å². The minimum atomic E-state index is -2.46. The Kier molecular flexibility index (Phi) is 8.54. The fraction of sp³-hybridized carbons (Fsp3) is 0.630. The van der Waals surface area contributed by atoms with Crippen LogP contribution in [-0.4, -0.2) is 78.3 Å². The van der Waals surface area contributed by atoms with Crippen LogP contribution in [0.25, 0.3) is 0 Å². The number of nitrogens with one attached hydrogen (secondary N) is 1. The van der Waals surface area contributed by atoms with Crippen molar-refractivity contribution in [3.05, 3.63) is 35.9 Å². The van der Waals surface area contributed by atoms with Crippen molar-refractivity contribution in [3.63, 3.8) is 0 Å². The molecule has 1 spiro atoms. The maximum absolute atomic E-state index is 14.7. The van der Waals surface area contributed by atoms with Gasteiger partial charge in [-0.15, -0.1) is 0 Å². The molecule has 0 saturated carbocycles. The van der Waals surface area contributed by atoms with E-state index in [1.54, 1.807) is 13.8 Å². The highest BCUT2D eigenvalue weighted by Crippen LogP contribution is 2.47. The molecule has 0 radical (unpaired) electrons. The summed E-state index contributed by atoms with van der Waals surface area (Å²) in [6.07, 6.45) is -0.962. The predicted octanol–water partition coefficient (Wildman–Crippen LogP) is 2.06. The van der Waals surface area contributed by atoms with Crippen molar-refractivity contribution >= 4 is 32.1 Å². The third-order valence-electron chi connectivity index (χ3n) is 8.82. The normalized spacial score (nSPS) is 23.7. The zero-order chi connectivity index (χ0) is 29.4. The van der Waals surface area contributed by atoms with Crippen LogP contribution in [0, 0.1) is 0 Å². The van der Waals surface area contributed by atoms with E-state index in [0.29, 0.717) is 12.8 Å². The summed E-state index contributed by atoms with van der Waals surface area (Å²) in [4.78, 5) is 55.5. The number of hydrogen-bond acceptors (Lipinski definition) is 7. The number of carbonyl (C=O) groups is 4.